The smallest absolute Gasteiger partial charge is 0.371 e. The van der Waals surface area contributed by atoms with Gasteiger partial charge in [-0.1, -0.05) is 36.4 Å². The summed E-state index contributed by atoms with van der Waals surface area (Å²) in [4.78, 5) is 24.4. The number of aromatic amines is 1. The predicted octanol–water partition coefficient (Wildman–Crippen LogP) is 5.96. The summed E-state index contributed by atoms with van der Waals surface area (Å²) < 4.78 is 42.3. The number of imidazole rings is 1. The molecule has 0 spiro atoms. The van der Waals surface area contributed by atoms with Gasteiger partial charge in [0.2, 0.25) is 5.91 Å². The average molecular weight is 522 g/mol. The van der Waals surface area contributed by atoms with Crippen LogP contribution in [0.3, 0.4) is 0 Å². The Morgan fingerprint density at radius 2 is 1.82 bits per heavy atom. The Balaban J connectivity index is 1.37. The molecule has 38 heavy (non-hydrogen) atoms. The maximum atomic E-state index is 14.1. The van der Waals surface area contributed by atoms with Crippen LogP contribution in [-0.2, 0) is 17.4 Å². The number of carbonyl (C=O) groups is 1. The molecule has 9 heteroatoms. The van der Waals surface area contributed by atoms with Crippen molar-refractivity contribution in [3.8, 4) is 11.1 Å². The van der Waals surface area contributed by atoms with Gasteiger partial charge in [-0.3, -0.25) is 4.79 Å². The van der Waals surface area contributed by atoms with Crippen LogP contribution in [0.2, 0.25) is 0 Å². The summed E-state index contributed by atoms with van der Waals surface area (Å²) in [6, 6.07) is 17.3. The molecule has 0 saturated carbocycles. The lowest BCUT2D eigenvalue weighted by Gasteiger charge is -2.37. The van der Waals surface area contributed by atoms with Crippen LogP contribution >= 0.6 is 0 Å². The number of aromatic nitrogens is 2. The fourth-order valence-electron chi connectivity index (χ4n) is 5.23. The zero-order chi connectivity index (χ0) is 26.9. The topological polar surface area (TPSA) is 64.3 Å². The highest BCUT2D eigenvalue weighted by Gasteiger charge is 2.36. The molecule has 1 aliphatic heterocycles. The van der Waals surface area contributed by atoms with E-state index >= 15 is 0 Å². The van der Waals surface area contributed by atoms with Gasteiger partial charge in [-0.25, -0.2) is 4.98 Å². The molecule has 0 atom stereocenters. The number of carbonyl (C=O) groups excluding carboxylic acids is 1. The molecule has 0 bridgehead atoms. The van der Waals surface area contributed by atoms with E-state index in [0.29, 0.717) is 0 Å². The number of nitrogens with zero attached hydrogens (tertiary/aromatic N) is 3. The summed E-state index contributed by atoms with van der Waals surface area (Å²) in [5, 5.41) is 2.68. The summed E-state index contributed by atoms with van der Waals surface area (Å²) in [6.07, 6.45) is -1.32. The first-order valence-corrected chi connectivity index (χ1v) is 12.6. The number of halogens is 3. The summed E-state index contributed by atoms with van der Waals surface area (Å²) in [5.41, 5.74) is 3.67. The normalized spacial score (nSPS) is 15.1. The van der Waals surface area contributed by atoms with Crippen LogP contribution in [0, 0.1) is 0 Å². The van der Waals surface area contributed by atoms with Crippen molar-refractivity contribution >= 4 is 28.3 Å². The number of rotatable bonds is 6. The molecule has 0 aliphatic carbocycles. The molecule has 3 aromatic carbocycles. The number of alkyl halides is 3. The Morgan fingerprint density at radius 3 is 2.58 bits per heavy atom. The van der Waals surface area contributed by atoms with Crippen molar-refractivity contribution in [2.24, 2.45) is 0 Å². The molecule has 2 heterocycles. The van der Waals surface area contributed by atoms with Crippen LogP contribution in [0.1, 0.15) is 24.0 Å². The Kier molecular flexibility index (Phi) is 7.12. The SMILES string of the molecule is CN1CCC(N(C)c2ccc(NC(=O)Cc3ccccc3-c3cccc4[nH]cnc34)cc2C(F)(F)F)CC1. The molecule has 4 aromatic rings. The number of para-hydroxylation sites is 1. The van der Waals surface area contributed by atoms with Crippen LogP contribution in [0.25, 0.3) is 22.2 Å². The molecule has 198 valence electrons. The van der Waals surface area contributed by atoms with E-state index in [-0.39, 0.29) is 23.8 Å². The third-order valence-corrected chi connectivity index (χ3v) is 7.31. The summed E-state index contributed by atoms with van der Waals surface area (Å²) in [7, 11) is 3.74. The van der Waals surface area contributed by atoms with Crippen molar-refractivity contribution in [1.29, 1.82) is 0 Å². The maximum Gasteiger partial charge on any atom is 0.418 e. The van der Waals surface area contributed by atoms with E-state index in [9.17, 15) is 18.0 Å². The van der Waals surface area contributed by atoms with Gasteiger partial charge in [0, 0.05) is 30.0 Å². The van der Waals surface area contributed by atoms with Gasteiger partial charge in [0.15, 0.2) is 0 Å². The van der Waals surface area contributed by atoms with Crippen molar-refractivity contribution in [2.45, 2.75) is 31.5 Å². The number of anilines is 2. The van der Waals surface area contributed by atoms with Crippen LogP contribution in [0.5, 0.6) is 0 Å². The van der Waals surface area contributed by atoms with Crippen LogP contribution in [0.15, 0.2) is 67.0 Å². The van der Waals surface area contributed by atoms with E-state index in [2.05, 4.69) is 20.2 Å². The number of likely N-dealkylation sites (tertiary alicyclic amines) is 1. The fraction of sp³-hybridized carbons (Fsp3) is 0.310. The number of fused-ring (bicyclic) bond motifs is 1. The molecule has 1 aromatic heterocycles. The number of hydrogen-bond acceptors (Lipinski definition) is 4. The number of amides is 1. The molecule has 1 aliphatic rings. The van der Waals surface area contributed by atoms with Gasteiger partial charge < -0.3 is 20.1 Å². The number of H-pyrrole nitrogens is 1. The average Bonchev–Trinajstić information content (AvgIpc) is 3.38. The van der Waals surface area contributed by atoms with E-state index in [4.69, 9.17) is 0 Å². The summed E-state index contributed by atoms with van der Waals surface area (Å²) >= 11 is 0. The van der Waals surface area contributed by atoms with E-state index in [1.807, 2.05) is 49.5 Å². The minimum Gasteiger partial charge on any atom is -0.371 e. The standard InChI is InChI=1S/C29H30F3N5O/c1-36-14-12-21(13-15-36)37(2)26-11-10-20(17-24(26)29(30,31)32)35-27(38)16-19-6-3-4-7-22(19)23-8-5-9-25-28(23)34-18-33-25/h3-11,17-18,21H,12-16H2,1-2H3,(H,33,34)(H,35,38). The third kappa shape index (κ3) is 5.38. The number of nitrogens with one attached hydrogen (secondary N) is 2. The second kappa shape index (κ2) is 10.5. The molecule has 5 rings (SSSR count). The van der Waals surface area contributed by atoms with E-state index in [0.717, 1.165) is 59.7 Å². The molecule has 1 amide bonds. The Bertz CT molecular complexity index is 1440. The second-order valence-corrected chi connectivity index (χ2v) is 9.86. The van der Waals surface area contributed by atoms with Crippen molar-refractivity contribution in [2.75, 3.05) is 37.4 Å². The fourth-order valence-corrected chi connectivity index (χ4v) is 5.23. The molecule has 2 N–H and O–H groups in total. The minimum absolute atomic E-state index is 0.00950. The number of piperidine rings is 1. The second-order valence-electron chi connectivity index (χ2n) is 9.86. The van der Waals surface area contributed by atoms with Gasteiger partial charge in [0.1, 0.15) is 0 Å². The molecule has 1 fully saturated rings. The number of hydrogen-bond donors (Lipinski definition) is 2. The highest BCUT2D eigenvalue weighted by Crippen LogP contribution is 2.39. The van der Waals surface area contributed by atoms with Gasteiger partial charge in [0.25, 0.3) is 0 Å². The highest BCUT2D eigenvalue weighted by molar-refractivity contribution is 5.96. The van der Waals surface area contributed by atoms with Crippen molar-refractivity contribution < 1.29 is 18.0 Å². The number of benzene rings is 3. The lowest BCUT2D eigenvalue weighted by molar-refractivity contribution is -0.137. The largest absolute Gasteiger partial charge is 0.418 e. The van der Waals surface area contributed by atoms with Crippen LogP contribution in [-0.4, -0.2) is 54.0 Å². The zero-order valence-corrected chi connectivity index (χ0v) is 21.3. The van der Waals surface area contributed by atoms with E-state index in [1.165, 1.54) is 6.07 Å². The van der Waals surface area contributed by atoms with E-state index < -0.39 is 17.6 Å². The van der Waals surface area contributed by atoms with Crippen molar-refractivity contribution in [3.05, 3.63) is 78.1 Å². The van der Waals surface area contributed by atoms with Crippen LogP contribution < -0.4 is 10.2 Å². The lowest BCUT2D eigenvalue weighted by Crippen LogP contribution is -2.42. The Labute approximate surface area is 219 Å². The zero-order valence-electron chi connectivity index (χ0n) is 21.3. The first-order valence-electron chi connectivity index (χ1n) is 12.6. The van der Waals surface area contributed by atoms with Gasteiger partial charge in [-0.2, -0.15) is 13.2 Å². The molecule has 6 nitrogen and oxygen atoms in total. The van der Waals surface area contributed by atoms with Crippen molar-refractivity contribution in [3.63, 3.8) is 0 Å². The molecule has 1 saturated heterocycles. The molecular weight excluding hydrogens is 491 g/mol. The molecular formula is C29H30F3N5O. The quantitative estimate of drug-likeness (QED) is 0.329. The third-order valence-electron chi connectivity index (χ3n) is 7.31. The first kappa shape index (κ1) is 25.8. The molecule has 0 radical (unpaired) electrons. The van der Waals surface area contributed by atoms with Gasteiger partial charge in [-0.15, -0.1) is 0 Å². The first-order chi connectivity index (χ1) is 18.2. The van der Waals surface area contributed by atoms with Gasteiger partial charge in [0.05, 0.1) is 29.3 Å². The molecule has 0 unspecified atom stereocenters. The predicted molar refractivity (Wildman–Crippen MR) is 144 cm³/mol. The van der Waals surface area contributed by atoms with Crippen LogP contribution in [0.4, 0.5) is 24.5 Å². The van der Waals surface area contributed by atoms with Crippen molar-refractivity contribution in [1.82, 2.24) is 14.9 Å². The Hall–Kier alpha value is -3.85. The van der Waals surface area contributed by atoms with E-state index in [1.54, 1.807) is 24.3 Å². The van der Waals surface area contributed by atoms with Gasteiger partial charge in [-0.05, 0) is 68.4 Å². The minimum atomic E-state index is -4.55. The maximum absolute atomic E-state index is 14.1. The summed E-state index contributed by atoms with van der Waals surface area (Å²) in [6.45, 7) is 1.70. The van der Waals surface area contributed by atoms with Gasteiger partial charge >= 0.3 is 6.18 Å². The monoisotopic (exact) mass is 521 g/mol. The highest BCUT2D eigenvalue weighted by atomic mass is 19.4. The lowest BCUT2D eigenvalue weighted by atomic mass is 9.96. The summed E-state index contributed by atoms with van der Waals surface area (Å²) in [5.74, 6) is -0.392. The Morgan fingerprint density at radius 1 is 1.08 bits per heavy atom.